The quantitative estimate of drug-likeness (QED) is 0.724. The Hall–Kier alpha value is -3.54. The summed E-state index contributed by atoms with van der Waals surface area (Å²) in [4.78, 5) is 28.9. The van der Waals surface area contributed by atoms with E-state index >= 15 is 0 Å². The van der Waals surface area contributed by atoms with Gasteiger partial charge in [-0.15, -0.1) is 0 Å². The Morgan fingerprint density at radius 3 is 2.37 bits per heavy atom. The van der Waals surface area contributed by atoms with Crippen LogP contribution in [0.1, 0.15) is 32.0 Å². The van der Waals surface area contributed by atoms with Crippen LogP contribution in [0.5, 0.6) is 0 Å². The van der Waals surface area contributed by atoms with Gasteiger partial charge in [-0.1, -0.05) is 29.8 Å². The zero-order valence-corrected chi connectivity index (χ0v) is 14.9. The molecule has 5 nitrogen and oxygen atoms in total. The van der Waals surface area contributed by atoms with Crippen molar-refractivity contribution in [3.63, 3.8) is 0 Å². The Kier molecular flexibility index (Phi) is 5.26. The number of aromatic nitrogens is 1. The van der Waals surface area contributed by atoms with Crippen molar-refractivity contribution in [3.05, 3.63) is 89.0 Å². The molecule has 2 N–H and O–H groups in total. The number of benzene rings is 2. The Balaban J connectivity index is 1.77. The van der Waals surface area contributed by atoms with Crippen LogP contribution in [0.2, 0.25) is 0 Å². The van der Waals surface area contributed by atoms with Crippen LogP contribution in [0.4, 0.5) is 15.8 Å². The van der Waals surface area contributed by atoms with E-state index < -0.39 is 17.6 Å². The summed E-state index contributed by atoms with van der Waals surface area (Å²) >= 11 is 0. The topological polar surface area (TPSA) is 71.1 Å². The number of hydrogen-bond acceptors (Lipinski definition) is 3. The molecule has 3 aromatic rings. The minimum Gasteiger partial charge on any atom is -0.320 e. The van der Waals surface area contributed by atoms with E-state index in [0.717, 1.165) is 11.1 Å². The van der Waals surface area contributed by atoms with Gasteiger partial charge in [-0.2, -0.15) is 0 Å². The first kappa shape index (κ1) is 18.3. The lowest BCUT2D eigenvalue weighted by Gasteiger charge is -2.10. The van der Waals surface area contributed by atoms with Crippen molar-refractivity contribution in [2.45, 2.75) is 13.8 Å². The van der Waals surface area contributed by atoms with Crippen LogP contribution in [0.15, 0.2) is 60.8 Å². The summed E-state index contributed by atoms with van der Waals surface area (Å²) < 4.78 is 13.7. The SMILES string of the molecule is Cc1ccc(NC(=O)c2cc(C(=O)Nc3ccccc3F)ccn2)c(C)c1. The van der Waals surface area contributed by atoms with Crippen LogP contribution in [0.3, 0.4) is 0 Å². The maximum Gasteiger partial charge on any atom is 0.274 e. The fraction of sp³-hybridized carbons (Fsp3) is 0.0952. The highest BCUT2D eigenvalue weighted by Gasteiger charge is 2.14. The van der Waals surface area contributed by atoms with E-state index in [-0.39, 0.29) is 16.9 Å². The smallest absolute Gasteiger partial charge is 0.274 e. The van der Waals surface area contributed by atoms with Crippen LogP contribution in [-0.4, -0.2) is 16.8 Å². The third-order valence-corrected chi connectivity index (χ3v) is 4.01. The summed E-state index contributed by atoms with van der Waals surface area (Å²) in [6.07, 6.45) is 1.37. The molecular formula is C21H18FN3O2. The van der Waals surface area contributed by atoms with Gasteiger partial charge >= 0.3 is 0 Å². The number of halogens is 1. The molecule has 6 heteroatoms. The molecule has 2 aromatic carbocycles. The van der Waals surface area contributed by atoms with E-state index in [4.69, 9.17) is 0 Å². The van der Waals surface area contributed by atoms with E-state index in [1.807, 2.05) is 32.0 Å². The van der Waals surface area contributed by atoms with Gasteiger partial charge in [0.05, 0.1) is 5.69 Å². The van der Waals surface area contributed by atoms with Crippen molar-refractivity contribution in [2.24, 2.45) is 0 Å². The largest absolute Gasteiger partial charge is 0.320 e. The third kappa shape index (κ3) is 4.36. The third-order valence-electron chi connectivity index (χ3n) is 4.01. The lowest BCUT2D eigenvalue weighted by molar-refractivity contribution is 0.102. The molecule has 1 aromatic heterocycles. The van der Waals surface area contributed by atoms with E-state index in [1.165, 1.54) is 36.5 Å². The van der Waals surface area contributed by atoms with Crippen molar-refractivity contribution in [1.82, 2.24) is 4.98 Å². The molecule has 2 amide bonds. The minimum atomic E-state index is -0.535. The Morgan fingerprint density at radius 2 is 1.63 bits per heavy atom. The molecule has 0 unspecified atom stereocenters. The fourth-order valence-corrected chi connectivity index (χ4v) is 2.59. The van der Waals surface area contributed by atoms with Gasteiger partial charge in [0.1, 0.15) is 11.5 Å². The van der Waals surface area contributed by atoms with Crippen LogP contribution in [0, 0.1) is 19.7 Å². The van der Waals surface area contributed by atoms with Crippen molar-refractivity contribution >= 4 is 23.2 Å². The van der Waals surface area contributed by atoms with Gasteiger partial charge in [-0.3, -0.25) is 14.6 Å². The number of anilines is 2. The Labute approximate surface area is 156 Å². The molecule has 0 spiro atoms. The number of para-hydroxylation sites is 1. The molecule has 0 saturated carbocycles. The standard InChI is InChI=1S/C21H18FN3O2/c1-13-7-8-17(14(2)11-13)24-21(27)19-12-15(9-10-23-19)20(26)25-18-6-4-3-5-16(18)22/h3-12H,1-2H3,(H,24,27)(H,25,26). The summed E-state index contributed by atoms with van der Waals surface area (Å²) in [5.41, 5.74) is 3.07. The molecule has 0 atom stereocenters. The molecule has 0 fully saturated rings. The van der Waals surface area contributed by atoms with Crippen molar-refractivity contribution in [1.29, 1.82) is 0 Å². The zero-order chi connectivity index (χ0) is 19.4. The highest BCUT2D eigenvalue weighted by Crippen LogP contribution is 2.18. The molecular weight excluding hydrogens is 345 g/mol. The number of nitrogens with one attached hydrogen (secondary N) is 2. The first-order valence-electron chi connectivity index (χ1n) is 8.34. The number of amides is 2. The van der Waals surface area contributed by atoms with Crippen LogP contribution >= 0.6 is 0 Å². The summed E-state index contributed by atoms with van der Waals surface area (Å²) in [5.74, 6) is -1.49. The summed E-state index contributed by atoms with van der Waals surface area (Å²) in [7, 11) is 0. The number of carbonyl (C=O) groups excluding carboxylic acids is 2. The minimum absolute atomic E-state index is 0.0700. The van der Waals surface area contributed by atoms with E-state index in [2.05, 4.69) is 15.6 Å². The molecule has 0 saturated heterocycles. The first-order valence-corrected chi connectivity index (χ1v) is 8.34. The summed E-state index contributed by atoms with van der Waals surface area (Å²) in [6.45, 7) is 3.87. The summed E-state index contributed by atoms with van der Waals surface area (Å²) in [5, 5.41) is 5.27. The second-order valence-electron chi connectivity index (χ2n) is 6.14. The first-order chi connectivity index (χ1) is 12.9. The molecule has 27 heavy (non-hydrogen) atoms. The average Bonchev–Trinajstić information content (AvgIpc) is 2.66. The van der Waals surface area contributed by atoms with E-state index in [9.17, 15) is 14.0 Å². The maximum atomic E-state index is 13.7. The zero-order valence-electron chi connectivity index (χ0n) is 14.9. The monoisotopic (exact) mass is 363 g/mol. The lowest BCUT2D eigenvalue weighted by Crippen LogP contribution is -2.17. The predicted octanol–water partition coefficient (Wildman–Crippen LogP) is 4.34. The van der Waals surface area contributed by atoms with Gasteiger partial charge in [0.15, 0.2) is 0 Å². The second kappa shape index (κ2) is 7.78. The normalized spacial score (nSPS) is 10.3. The molecule has 3 rings (SSSR count). The number of pyridine rings is 1. The molecule has 0 bridgehead atoms. The maximum absolute atomic E-state index is 13.7. The van der Waals surface area contributed by atoms with Gasteiger partial charge in [0, 0.05) is 17.4 Å². The molecule has 0 aliphatic carbocycles. The molecule has 0 aliphatic heterocycles. The Morgan fingerprint density at radius 1 is 0.889 bits per heavy atom. The van der Waals surface area contributed by atoms with E-state index in [0.29, 0.717) is 5.69 Å². The van der Waals surface area contributed by atoms with Crippen LogP contribution in [-0.2, 0) is 0 Å². The second-order valence-corrected chi connectivity index (χ2v) is 6.14. The van der Waals surface area contributed by atoms with Crippen LogP contribution in [0.25, 0.3) is 0 Å². The summed E-state index contributed by atoms with van der Waals surface area (Å²) in [6, 6.07) is 14.4. The number of carbonyl (C=O) groups is 2. The van der Waals surface area contributed by atoms with Gasteiger partial charge < -0.3 is 10.6 Å². The highest BCUT2D eigenvalue weighted by atomic mass is 19.1. The van der Waals surface area contributed by atoms with Crippen molar-refractivity contribution in [2.75, 3.05) is 10.6 Å². The molecule has 1 heterocycles. The number of aryl methyl sites for hydroxylation is 2. The number of hydrogen-bond donors (Lipinski definition) is 2. The number of rotatable bonds is 4. The molecule has 136 valence electrons. The number of nitrogens with zero attached hydrogens (tertiary/aromatic N) is 1. The van der Waals surface area contributed by atoms with Gasteiger partial charge in [0.2, 0.25) is 0 Å². The van der Waals surface area contributed by atoms with Gasteiger partial charge in [0.25, 0.3) is 11.8 Å². The van der Waals surface area contributed by atoms with Crippen LogP contribution < -0.4 is 10.6 Å². The van der Waals surface area contributed by atoms with E-state index in [1.54, 1.807) is 6.07 Å². The molecule has 0 aliphatic rings. The van der Waals surface area contributed by atoms with Crippen molar-refractivity contribution in [3.8, 4) is 0 Å². The molecule has 0 radical (unpaired) electrons. The average molecular weight is 363 g/mol. The Bertz CT molecular complexity index is 1020. The fourth-order valence-electron chi connectivity index (χ4n) is 2.59. The lowest BCUT2D eigenvalue weighted by atomic mass is 10.1. The van der Waals surface area contributed by atoms with Gasteiger partial charge in [-0.25, -0.2) is 4.39 Å². The predicted molar refractivity (Wildman–Crippen MR) is 102 cm³/mol. The van der Waals surface area contributed by atoms with Crippen molar-refractivity contribution < 1.29 is 14.0 Å². The highest BCUT2D eigenvalue weighted by molar-refractivity contribution is 6.08. The van der Waals surface area contributed by atoms with Gasteiger partial charge in [-0.05, 0) is 49.7 Å².